The number of nitrogens with one attached hydrogen (secondary N) is 2. The molecule has 1 aromatic carbocycles. The third-order valence-electron chi connectivity index (χ3n) is 4.06. The van der Waals surface area contributed by atoms with Crippen LogP contribution in [-0.4, -0.2) is 67.4 Å². The van der Waals surface area contributed by atoms with Crippen molar-refractivity contribution < 1.29 is 14.0 Å². The lowest BCUT2D eigenvalue weighted by molar-refractivity contribution is -0.123. The Morgan fingerprint density at radius 3 is 2.40 bits per heavy atom. The van der Waals surface area contributed by atoms with Crippen LogP contribution in [0.3, 0.4) is 0 Å². The summed E-state index contributed by atoms with van der Waals surface area (Å²) in [7, 11) is 0. The zero-order chi connectivity index (χ0) is 18.2. The summed E-state index contributed by atoms with van der Waals surface area (Å²) in [6.45, 7) is 6.58. The summed E-state index contributed by atoms with van der Waals surface area (Å²) in [5.74, 6) is -0.477. The molecule has 0 bridgehead atoms. The fraction of sp³-hybridized carbons (Fsp3) is 0.529. The summed E-state index contributed by atoms with van der Waals surface area (Å²) in [5.41, 5.74) is 0.909. The van der Waals surface area contributed by atoms with Gasteiger partial charge in [-0.25, -0.2) is 4.39 Å². The van der Waals surface area contributed by atoms with Gasteiger partial charge in [0, 0.05) is 57.8 Å². The normalized spacial score (nSPS) is 15.8. The number of halogens is 2. The first-order valence-electron chi connectivity index (χ1n) is 8.34. The van der Waals surface area contributed by atoms with Crippen LogP contribution in [-0.2, 0) is 16.1 Å². The predicted octanol–water partition coefficient (Wildman–Crippen LogP) is 0.849. The molecule has 1 heterocycles. The second-order valence-electron chi connectivity index (χ2n) is 6.12. The molecule has 138 valence electrons. The average Bonchev–Trinajstić information content (AvgIpc) is 2.56. The second-order valence-corrected chi connectivity index (χ2v) is 6.53. The van der Waals surface area contributed by atoms with E-state index in [1.807, 2.05) is 0 Å². The second kappa shape index (κ2) is 9.70. The quantitative estimate of drug-likeness (QED) is 0.698. The summed E-state index contributed by atoms with van der Waals surface area (Å²) in [6, 6.07) is 4.47. The van der Waals surface area contributed by atoms with Crippen molar-refractivity contribution in [2.24, 2.45) is 0 Å². The van der Waals surface area contributed by atoms with Gasteiger partial charge >= 0.3 is 0 Å². The first-order chi connectivity index (χ1) is 11.9. The molecule has 0 radical (unpaired) electrons. The van der Waals surface area contributed by atoms with Gasteiger partial charge in [-0.15, -0.1) is 0 Å². The van der Waals surface area contributed by atoms with E-state index in [2.05, 4.69) is 20.4 Å². The molecule has 1 saturated heterocycles. The summed E-state index contributed by atoms with van der Waals surface area (Å²) in [5, 5.41) is 5.87. The molecule has 1 aliphatic heterocycles. The van der Waals surface area contributed by atoms with Gasteiger partial charge in [-0.3, -0.25) is 19.4 Å². The highest BCUT2D eigenvalue weighted by atomic mass is 35.5. The number of carbonyl (C=O) groups excluding carboxylic acids is 2. The molecule has 25 heavy (non-hydrogen) atoms. The van der Waals surface area contributed by atoms with E-state index in [0.717, 1.165) is 31.7 Å². The van der Waals surface area contributed by atoms with Crippen LogP contribution in [0.4, 0.5) is 4.39 Å². The number of carbonyl (C=O) groups is 2. The van der Waals surface area contributed by atoms with E-state index in [-0.39, 0.29) is 17.6 Å². The van der Waals surface area contributed by atoms with E-state index in [0.29, 0.717) is 31.2 Å². The molecule has 0 aromatic heterocycles. The van der Waals surface area contributed by atoms with Crippen molar-refractivity contribution in [1.29, 1.82) is 0 Å². The first kappa shape index (κ1) is 19.6. The number of hydrogen-bond donors (Lipinski definition) is 2. The van der Waals surface area contributed by atoms with Gasteiger partial charge in [-0.05, 0) is 17.7 Å². The highest BCUT2D eigenvalue weighted by molar-refractivity contribution is 6.31. The van der Waals surface area contributed by atoms with Gasteiger partial charge in [0.05, 0.1) is 6.54 Å². The minimum Gasteiger partial charge on any atom is -0.355 e. The van der Waals surface area contributed by atoms with E-state index in [1.165, 1.54) is 19.1 Å². The standard InChI is InChI=1S/C17H24ClFN4O2/c1-13(24)20-4-5-21-17(25)12-23-8-6-22(7-9-23)11-14-2-3-15(19)10-16(14)18/h2-3,10H,4-9,11-12H2,1H3,(H,20,24)(H,21,25). The lowest BCUT2D eigenvalue weighted by Crippen LogP contribution is -2.49. The van der Waals surface area contributed by atoms with Crippen molar-refractivity contribution in [3.05, 3.63) is 34.6 Å². The van der Waals surface area contributed by atoms with Crippen molar-refractivity contribution in [3.63, 3.8) is 0 Å². The van der Waals surface area contributed by atoms with Gasteiger partial charge in [0.1, 0.15) is 5.82 Å². The van der Waals surface area contributed by atoms with E-state index < -0.39 is 0 Å². The largest absolute Gasteiger partial charge is 0.355 e. The molecule has 2 rings (SSSR count). The lowest BCUT2D eigenvalue weighted by atomic mass is 10.2. The van der Waals surface area contributed by atoms with E-state index >= 15 is 0 Å². The lowest BCUT2D eigenvalue weighted by Gasteiger charge is -2.34. The fourth-order valence-electron chi connectivity index (χ4n) is 2.70. The highest BCUT2D eigenvalue weighted by Crippen LogP contribution is 2.19. The van der Waals surface area contributed by atoms with Crippen molar-refractivity contribution in [3.8, 4) is 0 Å². The zero-order valence-corrected chi connectivity index (χ0v) is 15.1. The van der Waals surface area contributed by atoms with Gasteiger partial charge in [-0.2, -0.15) is 0 Å². The number of amides is 2. The summed E-state index contributed by atoms with van der Waals surface area (Å²) in [6.07, 6.45) is 0. The van der Waals surface area contributed by atoms with Gasteiger partial charge < -0.3 is 10.6 Å². The number of piperazine rings is 1. The Bertz CT molecular complexity index is 606. The Hall–Kier alpha value is -1.70. The molecule has 2 amide bonds. The molecule has 1 fully saturated rings. The monoisotopic (exact) mass is 370 g/mol. The molecule has 1 aliphatic rings. The third-order valence-corrected chi connectivity index (χ3v) is 4.41. The molecular weight excluding hydrogens is 347 g/mol. The van der Waals surface area contributed by atoms with Gasteiger partial charge in [0.15, 0.2) is 0 Å². The van der Waals surface area contributed by atoms with Crippen LogP contribution in [0.25, 0.3) is 0 Å². The van der Waals surface area contributed by atoms with Gasteiger partial charge in [0.25, 0.3) is 0 Å². The molecule has 0 aliphatic carbocycles. The van der Waals surface area contributed by atoms with Crippen molar-refractivity contribution in [2.75, 3.05) is 45.8 Å². The Balaban J connectivity index is 1.67. The van der Waals surface area contributed by atoms with Crippen LogP contribution in [0, 0.1) is 5.82 Å². The van der Waals surface area contributed by atoms with E-state index in [9.17, 15) is 14.0 Å². The minimum absolute atomic E-state index is 0.0413. The molecule has 1 aromatic rings. The van der Waals surface area contributed by atoms with Gasteiger partial charge in [-0.1, -0.05) is 17.7 Å². The Morgan fingerprint density at radius 1 is 1.12 bits per heavy atom. The van der Waals surface area contributed by atoms with Crippen LogP contribution < -0.4 is 10.6 Å². The smallest absolute Gasteiger partial charge is 0.234 e. The van der Waals surface area contributed by atoms with Crippen molar-refractivity contribution >= 4 is 23.4 Å². The molecule has 0 atom stereocenters. The molecule has 0 saturated carbocycles. The number of nitrogens with zero attached hydrogens (tertiary/aromatic N) is 2. The van der Waals surface area contributed by atoms with Crippen LogP contribution in [0.1, 0.15) is 12.5 Å². The Labute approximate surface area is 152 Å². The Morgan fingerprint density at radius 2 is 1.76 bits per heavy atom. The molecule has 0 unspecified atom stereocenters. The number of benzene rings is 1. The first-order valence-corrected chi connectivity index (χ1v) is 8.71. The minimum atomic E-state index is -0.330. The van der Waals surface area contributed by atoms with Crippen molar-refractivity contribution in [2.45, 2.75) is 13.5 Å². The highest BCUT2D eigenvalue weighted by Gasteiger charge is 2.19. The van der Waals surface area contributed by atoms with Crippen LogP contribution in [0.15, 0.2) is 18.2 Å². The molecule has 8 heteroatoms. The molecule has 2 N–H and O–H groups in total. The molecule has 6 nitrogen and oxygen atoms in total. The fourth-order valence-corrected chi connectivity index (χ4v) is 2.92. The van der Waals surface area contributed by atoms with Crippen LogP contribution in [0.2, 0.25) is 5.02 Å². The van der Waals surface area contributed by atoms with Crippen LogP contribution in [0.5, 0.6) is 0 Å². The Kier molecular flexibility index (Phi) is 7.61. The van der Waals surface area contributed by atoms with Crippen molar-refractivity contribution in [1.82, 2.24) is 20.4 Å². The molecular formula is C17H24ClFN4O2. The SMILES string of the molecule is CC(=O)NCCNC(=O)CN1CCN(Cc2ccc(F)cc2Cl)CC1. The third kappa shape index (κ3) is 6.97. The zero-order valence-electron chi connectivity index (χ0n) is 14.4. The van der Waals surface area contributed by atoms with Gasteiger partial charge in [0.2, 0.25) is 11.8 Å². The summed E-state index contributed by atoms with van der Waals surface area (Å²) in [4.78, 5) is 26.9. The summed E-state index contributed by atoms with van der Waals surface area (Å²) >= 11 is 6.07. The number of rotatable bonds is 7. The predicted molar refractivity (Wildman–Crippen MR) is 94.8 cm³/mol. The van der Waals surface area contributed by atoms with E-state index in [4.69, 9.17) is 11.6 Å². The number of hydrogen-bond acceptors (Lipinski definition) is 4. The maximum Gasteiger partial charge on any atom is 0.234 e. The van der Waals surface area contributed by atoms with Crippen LogP contribution >= 0.6 is 11.6 Å². The van der Waals surface area contributed by atoms with E-state index in [1.54, 1.807) is 6.07 Å². The average molecular weight is 371 g/mol. The molecule has 0 spiro atoms. The topological polar surface area (TPSA) is 64.7 Å². The summed E-state index contributed by atoms with van der Waals surface area (Å²) < 4.78 is 13.1. The maximum absolute atomic E-state index is 13.1. The maximum atomic E-state index is 13.1.